The highest BCUT2D eigenvalue weighted by Gasteiger charge is 2.25. The largest absolute Gasteiger partial charge is 0.465 e. The van der Waals surface area contributed by atoms with Crippen LogP contribution in [0.1, 0.15) is 72.6 Å². The molecule has 0 fully saturated rings. The number of primary amides is 1. The van der Waals surface area contributed by atoms with Crippen molar-refractivity contribution in [2.45, 2.75) is 60.4 Å². The number of benzene rings is 1. The van der Waals surface area contributed by atoms with Crippen LogP contribution in [0.3, 0.4) is 0 Å². The predicted molar refractivity (Wildman–Crippen MR) is 113 cm³/mol. The lowest BCUT2D eigenvalue weighted by molar-refractivity contribution is 0.0600. The van der Waals surface area contributed by atoms with Crippen LogP contribution in [0, 0.1) is 12.3 Å². The number of hydrogen-bond donors (Lipinski definition) is 1. The van der Waals surface area contributed by atoms with Crippen LogP contribution in [0.5, 0.6) is 0 Å². The summed E-state index contributed by atoms with van der Waals surface area (Å²) in [5.41, 5.74) is 10.8. The summed E-state index contributed by atoms with van der Waals surface area (Å²) < 4.78 is 7.02. The number of nitrogens with two attached hydrogens (primary N) is 1. The topological polar surface area (TPSA) is 74.3 Å². The molecule has 2 aromatic rings. The first-order valence-electron chi connectivity index (χ1n) is 9.81. The van der Waals surface area contributed by atoms with Gasteiger partial charge in [-0.25, -0.2) is 4.79 Å². The van der Waals surface area contributed by atoms with Gasteiger partial charge in [0, 0.05) is 23.5 Å². The van der Waals surface area contributed by atoms with Crippen molar-refractivity contribution in [3.63, 3.8) is 0 Å². The number of rotatable bonds is 7. The van der Waals surface area contributed by atoms with Crippen LogP contribution in [-0.2, 0) is 17.7 Å². The van der Waals surface area contributed by atoms with Gasteiger partial charge in [-0.1, -0.05) is 46.2 Å². The molecule has 0 aliphatic carbocycles. The van der Waals surface area contributed by atoms with Crippen molar-refractivity contribution in [3.8, 4) is 11.1 Å². The smallest absolute Gasteiger partial charge is 0.337 e. The Morgan fingerprint density at radius 1 is 1.14 bits per heavy atom. The first kappa shape index (κ1) is 21.7. The molecule has 1 amide bonds. The van der Waals surface area contributed by atoms with Crippen LogP contribution in [0.4, 0.5) is 0 Å². The third kappa shape index (κ3) is 4.64. The summed E-state index contributed by atoms with van der Waals surface area (Å²) in [6, 6.07) is 7.18. The van der Waals surface area contributed by atoms with Gasteiger partial charge in [0.1, 0.15) is 0 Å². The zero-order chi connectivity index (χ0) is 21.1. The van der Waals surface area contributed by atoms with Crippen molar-refractivity contribution < 1.29 is 14.3 Å². The average molecular weight is 385 g/mol. The van der Waals surface area contributed by atoms with Gasteiger partial charge in [-0.2, -0.15) is 0 Å². The molecule has 0 saturated carbocycles. The highest BCUT2D eigenvalue weighted by molar-refractivity contribution is 6.02. The molecule has 1 aromatic heterocycles. The lowest BCUT2D eigenvalue weighted by Crippen LogP contribution is -2.15. The van der Waals surface area contributed by atoms with E-state index in [0.717, 1.165) is 48.3 Å². The fraction of sp³-hybridized carbons (Fsp3) is 0.478. The second-order valence-corrected chi connectivity index (χ2v) is 8.43. The lowest BCUT2D eigenvalue weighted by atomic mass is 9.92. The first-order chi connectivity index (χ1) is 13.1. The van der Waals surface area contributed by atoms with Gasteiger partial charge in [0.25, 0.3) is 5.91 Å². The quantitative estimate of drug-likeness (QED) is 0.701. The van der Waals surface area contributed by atoms with Crippen molar-refractivity contribution in [1.29, 1.82) is 0 Å². The number of hydrogen-bond acceptors (Lipinski definition) is 3. The van der Waals surface area contributed by atoms with E-state index in [4.69, 9.17) is 10.5 Å². The highest BCUT2D eigenvalue weighted by atomic mass is 16.5. The molecule has 152 valence electrons. The fourth-order valence-corrected chi connectivity index (χ4v) is 3.55. The average Bonchev–Trinajstić information content (AvgIpc) is 2.91. The fourth-order valence-electron chi connectivity index (χ4n) is 3.55. The second-order valence-electron chi connectivity index (χ2n) is 8.43. The predicted octanol–water partition coefficient (Wildman–Crippen LogP) is 4.74. The van der Waals surface area contributed by atoms with E-state index < -0.39 is 5.91 Å². The van der Waals surface area contributed by atoms with E-state index in [1.807, 2.05) is 19.1 Å². The molecule has 0 aliphatic rings. The zero-order valence-corrected chi connectivity index (χ0v) is 17.9. The summed E-state index contributed by atoms with van der Waals surface area (Å²) in [5.74, 6) is -0.800. The third-order valence-corrected chi connectivity index (χ3v) is 5.04. The number of amides is 1. The Hall–Kier alpha value is -2.56. The monoisotopic (exact) mass is 384 g/mol. The van der Waals surface area contributed by atoms with E-state index in [2.05, 4.69) is 32.3 Å². The van der Waals surface area contributed by atoms with E-state index in [0.29, 0.717) is 11.1 Å². The summed E-state index contributed by atoms with van der Waals surface area (Å²) >= 11 is 0. The van der Waals surface area contributed by atoms with Crippen LogP contribution in [0.2, 0.25) is 0 Å². The summed E-state index contributed by atoms with van der Waals surface area (Å²) in [6.45, 7) is 11.6. The SMILES string of the molecule is CCCc1c(-c2ccc(C(=O)OC)cc2)c(C(N)=O)c(C)n1CCC(C)(C)C. The first-order valence-corrected chi connectivity index (χ1v) is 9.81. The van der Waals surface area contributed by atoms with Crippen molar-refractivity contribution in [1.82, 2.24) is 4.57 Å². The Morgan fingerprint density at radius 2 is 1.75 bits per heavy atom. The molecule has 0 spiro atoms. The Bertz CT molecular complexity index is 855. The van der Waals surface area contributed by atoms with E-state index in [1.165, 1.54) is 7.11 Å². The van der Waals surface area contributed by atoms with Crippen LogP contribution >= 0.6 is 0 Å². The lowest BCUT2D eigenvalue weighted by Gasteiger charge is -2.21. The number of methoxy groups -OCH3 is 1. The number of esters is 1. The Labute approximate surface area is 167 Å². The van der Waals surface area contributed by atoms with Gasteiger partial charge in [-0.05, 0) is 42.9 Å². The standard InChI is InChI=1S/C23H32N2O3/c1-7-8-18-20(16-9-11-17(12-10-16)22(27)28-6)19(21(24)26)15(2)25(18)14-13-23(3,4)5/h9-12H,7-8,13-14H2,1-6H3,(H2,24,26). The molecular formula is C23H32N2O3. The molecule has 0 atom stereocenters. The molecule has 5 heteroatoms. The molecule has 0 bridgehead atoms. The van der Waals surface area contributed by atoms with Gasteiger partial charge in [0.15, 0.2) is 0 Å². The number of ether oxygens (including phenoxy) is 1. The molecule has 28 heavy (non-hydrogen) atoms. The van der Waals surface area contributed by atoms with Gasteiger partial charge >= 0.3 is 5.97 Å². The van der Waals surface area contributed by atoms with Gasteiger partial charge in [-0.3, -0.25) is 4.79 Å². The number of nitrogens with zero attached hydrogens (tertiary/aromatic N) is 1. The molecule has 2 N–H and O–H groups in total. The second kappa shape index (κ2) is 8.63. The van der Waals surface area contributed by atoms with E-state index >= 15 is 0 Å². The molecule has 0 radical (unpaired) electrons. The molecule has 0 saturated heterocycles. The number of aromatic nitrogens is 1. The molecular weight excluding hydrogens is 352 g/mol. The summed E-state index contributed by atoms with van der Waals surface area (Å²) in [5, 5.41) is 0. The number of carbonyl (C=O) groups is 2. The molecule has 1 aromatic carbocycles. The van der Waals surface area contributed by atoms with Crippen LogP contribution in [-0.4, -0.2) is 23.6 Å². The van der Waals surface area contributed by atoms with Crippen molar-refractivity contribution in [2.75, 3.05) is 7.11 Å². The minimum Gasteiger partial charge on any atom is -0.465 e. The Balaban J connectivity index is 2.63. The van der Waals surface area contributed by atoms with Crippen molar-refractivity contribution in [2.24, 2.45) is 11.1 Å². The molecule has 5 nitrogen and oxygen atoms in total. The number of carbonyl (C=O) groups excluding carboxylic acids is 2. The maximum Gasteiger partial charge on any atom is 0.337 e. The normalized spacial score (nSPS) is 11.5. The highest BCUT2D eigenvalue weighted by Crippen LogP contribution is 2.35. The van der Waals surface area contributed by atoms with Gasteiger partial charge < -0.3 is 15.0 Å². The summed E-state index contributed by atoms with van der Waals surface area (Å²) in [4.78, 5) is 24.1. The van der Waals surface area contributed by atoms with Crippen molar-refractivity contribution >= 4 is 11.9 Å². The van der Waals surface area contributed by atoms with Crippen LogP contribution in [0.15, 0.2) is 24.3 Å². The molecule has 1 heterocycles. The zero-order valence-electron chi connectivity index (χ0n) is 17.9. The Morgan fingerprint density at radius 3 is 2.21 bits per heavy atom. The van der Waals surface area contributed by atoms with Gasteiger partial charge in [-0.15, -0.1) is 0 Å². The minimum atomic E-state index is -0.420. The van der Waals surface area contributed by atoms with Crippen LogP contribution in [0.25, 0.3) is 11.1 Å². The van der Waals surface area contributed by atoms with Gasteiger partial charge in [0.05, 0.1) is 18.2 Å². The Kier molecular flexibility index (Phi) is 6.70. The maximum atomic E-state index is 12.3. The van der Waals surface area contributed by atoms with E-state index in [9.17, 15) is 9.59 Å². The summed E-state index contributed by atoms with van der Waals surface area (Å²) in [6.07, 6.45) is 2.81. The van der Waals surface area contributed by atoms with Gasteiger partial charge in [0.2, 0.25) is 0 Å². The maximum absolute atomic E-state index is 12.3. The molecule has 0 aliphatic heterocycles. The third-order valence-electron chi connectivity index (χ3n) is 5.04. The van der Waals surface area contributed by atoms with Crippen molar-refractivity contribution in [3.05, 3.63) is 46.8 Å². The van der Waals surface area contributed by atoms with Crippen LogP contribution < -0.4 is 5.73 Å². The van der Waals surface area contributed by atoms with E-state index in [-0.39, 0.29) is 11.4 Å². The minimum absolute atomic E-state index is 0.190. The summed E-state index contributed by atoms with van der Waals surface area (Å²) in [7, 11) is 1.36. The molecule has 0 unspecified atom stereocenters. The molecule has 2 rings (SSSR count). The van der Waals surface area contributed by atoms with E-state index in [1.54, 1.807) is 12.1 Å².